The number of hydrogen-bond donors (Lipinski definition) is 0. The molecule has 0 fully saturated rings. The number of carbonyl (C=O) groups excluding carboxylic acids is 2. The normalized spacial score (nSPS) is 14.3. The fourth-order valence-corrected chi connectivity index (χ4v) is 3.10. The van der Waals surface area contributed by atoms with Gasteiger partial charge in [-0.05, 0) is 42.8 Å². The minimum absolute atomic E-state index is 0.0552. The first-order chi connectivity index (χ1) is 14.7. The quantitative estimate of drug-likeness (QED) is 0.202. The van der Waals surface area contributed by atoms with Crippen molar-refractivity contribution in [2.75, 3.05) is 6.61 Å². The first kappa shape index (κ1) is 22.3. The SMILES string of the molecule is CCOc1cc(/C=C2/N=C(c3ccc(Cl)c([N+](=O)[O-])c3)OC2=O)cc(Cl)c1OC(C)=O. The van der Waals surface area contributed by atoms with Gasteiger partial charge in [-0.2, -0.15) is 0 Å². The number of hydrogen-bond acceptors (Lipinski definition) is 8. The number of aliphatic imine (C=N–C) groups is 1. The van der Waals surface area contributed by atoms with E-state index in [4.69, 9.17) is 37.4 Å². The maximum Gasteiger partial charge on any atom is 0.363 e. The summed E-state index contributed by atoms with van der Waals surface area (Å²) in [6.45, 7) is 3.25. The van der Waals surface area contributed by atoms with E-state index in [0.29, 0.717) is 5.56 Å². The van der Waals surface area contributed by atoms with Gasteiger partial charge in [0.25, 0.3) is 5.69 Å². The largest absolute Gasteiger partial charge is 0.490 e. The lowest BCUT2D eigenvalue weighted by Crippen LogP contribution is -2.06. The lowest BCUT2D eigenvalue weighted by molar-refractivity contribution is -0.384. The van der Waals surface area contributed by atoms with Gasteiger partial charge in [0.1, 0.15) is 5.02 Å². The van der Waals surface area contributed by atoms with Crippen LogP contribution in [0.4, 0.5) is 5.69 Å². The first-order valence-electron chi connectivity index (χ1n) is 8.81. The fraction of sp³-hybridized carbons (Fsp3) is 0.150. The van der Waals surface area contributed by atoms with Crippen molar-refractivity contribution in [2.45, 2.75) is 13.8 Å². The first-order valence-corrected chi connectivity index (χ1v) is 9.56. The van der Waals surface area contributed by atoms with Crippen LogP contribution < -0.4 is 9.47 Å². The van der Waals surface area contributed by atoms with Gasteiger partial charge in [-0.1, -0.05) is 23.2 Å². The molecule has 11 heteroatoms. The van der Waals surface area contributed by atoms with Crippen LogP contribution in [-0.4, -0.2) is 29.4 Å². The Labute approximate surface area is 186 Å². The maximum absolute atomic E-state index is 12.3. The molecule has 160 valence electrons. The molecule has 0 N–H and O–H groups in total. The van der Waals surface area contributed by atoms with Crippen LogP contribution in [-0.2, 0) is 14.3 Å². The highest BCUT2D eigenvalue weighted by atomic mass is 35.5. The van der Waals surface area contributed by atoms with Crippen molar-refractivity contribution in [3.63, 3.8) is 0 Å². The van der Waals surface area contributed by atoms with Gasteiger partial charge in [0, 0.05) is 18.6 Å². The van der Waals surface area contributed by atoms with E-state index in [9.17, 15) is 19.7 Å². The van der Waals surface area contributed by atoms with Crippen LogP contribution in [0.2, 0.25) is 10.0 Å². The molecule has 9 nitrogen and oxygen atoms in total. The van der Waals surface area contributed by atoms with Crippen LogP contribution in [0.15, 0.2) is 41.0 Å². The van der Waals surface area contributed by atoms with Crippen molar-refractivity contribution < 1.29 is 28.7 Å². The van der Waals surface area contributed by atoms with E-state index < -0.39 is 16.9 Å². The van der Waals surface area contributed by atoms with Gasteiger partial charge in [-0.3, -0.25) is 14.9 Å². The second-order valence-corrected chi connectivity index (χ2v) is 6.93. The van der Waals surface area contributed by atoms with Gasteiger partial charge in [0.05, 0.1) is 16.6 Å². The molecule has 2 aromatic rings. The van der Waals surface area contributed by atoms with Crippen molar-refractivity contribution in [3.8, 4) is 11.5 Å². The average Bonchev–Trinajstić information content (AvgIpc) is 3.05. The highest BCUT2D eigenvalue weighted by molar-refractivity contribution is 6.33. The standard InChI is InChI=1S/C20H14Cl2N2O7/c1-3-29-17-8-11(6-14(22)18(17)30-10(2)25)7-15-20(26)31-19(23-15)12-4-5-13(21)16(9-12)24(27)28/h4-9H,3H2,1-2H3/b15-7+. The van der Waals surface area contributed by atoms with Crippen LogP contribution in [0.1, 0.15) is 25.0 Å². The summed E-state index contributed by atoms with van der Waals surface area (Å²) in [5.74, 6) is -1.17. The van der Waals surface area contributed by atoms with Crippen molar-refractivity contribution in [3.05, 3.63) is 67.3 Å². The Bertz CT molecular complexity index is 1160. The lowest BCUT2D eigenvalue weighted by Gasteiger charge is -2.12. The third kappa shape index (κ3) is 5.01. The molecule has 1 aliphatic rings. The summed E-state index contributed by atoms with van der Waals surface area (Å²) in [5.41, 5.74) is 0.241. The number of nitrogens with zero attached hydrogens (tertiary/aromatic N) is 2. The Hall–Kier alpha value is -3.43. The summed E-state index contributed by atoms with van der Waals surface area (Å²) in [6.07, 6.45) is 1.39. The predicted octanol–water partition coefficient (Wildman–Crippen LogP) is 4.57. The van der Waals surface area contributed by atoms with Crippen molar-refractivity contribution in [1.29, 1.82) is 0 Å². The molecule has 1 aliphatic heterocycles. The Morgan fingerprint density at radius 3 is 2.65 bits per heavy atom. The molecule has 0 saturated carbocycles. The molecule has 2 aromatic carbocycles. The number of cyclic esters (lactones) is 1. The van der Waals surface area contributed by atoms with Gasteiger partial charge in [-0.25, -0.2) is 9.79 Å². The van der Waals surface area contributed by atoms with Gasteiger partial charge >= 0.3 is 11.9 Å². The van der Waals surface area contributed by atoms with Gasteiger partial charge in [0.15, 0.2) is 17.2 Å². The summed E-state index contributed by atoms with van der Waals surface area (Å²) in [4.78, 5) is 38.1. The van der Waals surface area contributed by atoms with E-state index in [1.807, 2.05) is 0 Å². The molecule has 3 rings (SSSR count). The molecule has 0 aliphatic carbocycles. The Morgan fingerprint density at radius 1 is 1.26 bits per heavy atom. The zero-order valence-electron chi connectivity index (χ0n) is 16.2. The zero-order valence-corrected chi connectivity index (χ0v) is 17.7. The van der Waals surface area contributed by atoms with Crippen LogP contribution in [0.3, 0.4) is 0 Å². The molecule has 0 radical (unpaired) electrons. The molecular weight excluding hydrogens is 451 g/mol. The molecule has 0 unspecified atom stereocenters. The van der Waals surface area contributed by atoms with Crippen molar-refractivity contribution in [1.82, 2.24) is 0 Å². The Morgan fingerprint density at radius 2 is 2.00 bits per heavy atom. The summed E-state index contributed by atoms with van der Waals surface area (Å²) < 4.78 is 15.7. The Kier molecular flexibility index (Phi) is 6.57. The van der Waals surface area contributed by atoms with Gasteiger partial charge in [-0.15, -0.1) is 0 Å². The Balaban J connectivity index is 1.99. The smallest absolute Gasteiger partial charge is 0.363 e. The monoisotopic (exact) mass is 464 g/mol. The number of nitro benzene ring substituents is 1. The molecular formula is C20H14Cl2N2O7. The van der Waals surface area contributed by atoms with Gasteiger partial charge in [0.2, 0.25) is 5.90 Å². The van der Waals surface area contributed by atoms with Crippen molar-refractivity contribution in [2.24, 2.45) is 4.99 Å². The van der Waals surface area contributed by atoms with Crippen LogP contribution >= 0.6 is 23.2 Å². The molecule has 0 atom stereocenters. The molecule has 0 aromatic heterocycles. The highest BCUT2D eigenvalue weighted by Gasteiger charge is 2.26. The molecule has 0 spiro atoms. The number of ether oxygens (including phenoxy) is 3. The highest BCUT2D eigenvalue weighted by Crippen LogP contribution is 2.38. The number of carbonyl (C=O) groups is 2. The summed E-state index contributed by atoms with van der Waals surface area (Å²) in [7, 11) is 0. The number of nitro groups is 1. The van der Waals surface area contributed by atoms with E-state index in [1.54, 1.807) is 6.92 Å². The summed E-state index contributed by atoms with van der Waals surface area (Å²) in [5, 5.41) is 11.1. The second-order valence-electron chi connectivity index (χ2n) is 6.12. The van der Waals surface area contributed by atoms with E-state index in [2.05, 4.69) is 4.99 Å². The predicted molar refractivity (Wildman–Crippen MR) is 113 cm³/mol. The fourth-order valence-electron chi connectivity index (χ4n) is 2.65. The second kappa shape index (κ2) is 9.15. The molecule has 0 amide bonds. The topological polar surface area (TPSA) is 117 Å². The minimum Gasteiger partial charge on any atom is -0.490 e. The zero-order chi connectivity index (χ0) is 22.7. The molecule has 0 saturated heterocycles. The van der Waals surface area contributed by atoms with Gasteiger partial charge < -0.3 is 14.2 Å². The average molecular weight is 465 g/mol. The number of halogens is 2. The van der Waals surface area contributed by atoms with E-state index >= 15 is 0 Å². The molecule has 31 heavy (non-hydrogen) atoms. The molecule has 1 heterocycles. The minimum atomic E-state index is -0.759. The lowest BCUT2D eigenvalue weighted by atomic mass is 10.1. The maximum atomic E-state index is 12.3. The van der Waals surface area contributed by atoms with Crippen molar-refractivity contribution >= 4 is 52.8 Å². The van der Waals surface area contributed by atoms with E-state index in [1.165, 1.54) is 37.3 Å². The van der Waals surface area contributed by atoms with Crippen LogP contribution in [0, 0.1) is 10.1 Å². The van der Waals surface area contributed by atoms with E-state index in [0.717, 1.165) is 6.07 Å². The van der Waals surface area contributed by atoms with Crippen LogP contribution in [0.5, 0.6) is 11.5 Å². The summed E-state index contributed by atoms with van der Waals surface area (Å²) >= 11 is 12.0. The third-order valence-corrected chi connectivity index (χ3v) is 4.49. The number of rotatable bonds is 6. The van der Waals surface area contributed by atoms with Crippen LogP contribution in [0.25, 0.3) is 6.08 Å². The third-order valence-electron chi connectivity index (χ3n) is 3.89. The number of esters is 2. The molecule has 0 bridgehead atoms. The van der Waals surface area contributed by atoms with E-state index in [-0.39, 0.29) is 51.0 Å². The summed E-state index contributed by atoms with van der Waals surface area (Å²) in [6, 6.07) is 6.91. The number of benzene rings is 2.